The van der Waals surface area contributed by atoms with Crippen LogP contribution in [0.5, 0.6) is 0 Å². The fraction of sp³-hybridized carbons (Fsp3) is 0.500. The van der Waals surface area contributed by atoms with E-state index >= 15 is 0 Å². The normalized spacial score (nSPS) is 17.4. The lowest BCUT2D eigenvalue weighted by Crippen LogP contribution is -2.39. The number of carbonyl (C=O) groups is 4. The van der Waals surface area contributed by atoms with Gasteiger partial charge in [-0.05, 0) is 0 Å². The lowest BCUT2D eigenvalue weighted by molar-refractivity contribution is -0.174. The van der Waals surface area contributed by atoms with Gasteiger partial charge in [-0.1, -0.05) is 0 Å². The van der Waals surface area contributed by atoms with Crippen LogP contribution in [-0.2, 0) is 28.7 Å². The molecule has 10 nitrogen and oxygen atoms in total. The van der Waals surface area contributed by atoms with E-state index in [-0.39, 0.29) is 13.2 Å². The van der Waals surface area contributed by atoms with Crippen LogP contribution in [0, 0.1) is 0 Å². The second kappa shape index (κ2) is 7.19. The highest BCUT2D eigenvalue weighted by atomic mass is 16.6. The fourth-order valence-electron chi connectivity index (χ4n) is 0.632. The Morgan fingerprint density at radius 2 is 1.17 bits per heavy atom. The minimum Gasteiger partial charge on any atom is -0.479 e. The van der Waals surface area contributed by atoms with Crippen molar-refractivity contribution < 1.29 is 49.1 Å². The van der Waals surface area contributed by atoms with Crippen molar-refractivity contribution in [3.63, 3.8) is 0 Å². The molecule has 2 unspecified atom stereocenters. The summed E-state index contributed by atoms with van der Waals surface area (Å²) in [5, 5.41) is 32.5. The van der Waals surface area contributed by atoms with E-state index in [1.165, 1.54) is 0 Å². The van der Waals surface area contributed by atoms with Crippen LogP contribution in [0.3, 0.4) is 0 Å². The van der Waals surface area contributed by atoms with Crippen LogP contribution in [0.1, 0.15) is 0 Å². The third-order valence-corrected chi connectivity index (χ3v) is 1.51. The predicted octanol–water partition coefficient (Wildman–Crippen LogP) is -3.04. The Kier molecular flexibility index (Phi) is 6.31. The molecule has 0 aromatic carbocycles. The summed E-state index contributed by atoms with van der Waals surface area (Å²) in [4.78, 5) is 39.8. The van der Waals surface area contributed by atoms with Crippen LogP contribution in [0.4, 0.5) is 0 Å². The monoisotopic (exact) mass is 266 g/mol. The molecule has 2 atom stereocenters. The summed E-state index contributed by atoms with van der Waals surface area (Å²) in [5.41, 5.74) is 0. The molecule has 4 N–H and O–H groups in total. The van der Waals surface area contributed by atoms with E-state index in [0.29, 0.717) is 0 Å². The maximum atomic E-state index is 10.1. The fourth-order valence-corrected chi connectivity index (χ4v) is 0.632. The van der Waals surface area contributed by atoms with Gasteiger partial charge in [0.05, 0.1) is 0 Å². The molecule has 1 rings (SSSR count). The lowest BCUT2D eigenvalue weighted by atomic mass is 10.2. The van der Waals surface area contributed by atoms with Crippen molar-refractivity contribution in [3.8, 4) is 0 Å². The molecule has 0 saturated carbocycles. The molecule has 0 bridgehead atoms. The van der Waals surface area contributed by atoms with Gasteiger partial charge in [0, 0.05) is 0 Å². The summed E-state index contributed by atoms with van der Waals surface area (Å²) in [6.45, 7) is -0.475. The highest BCUT2D eigenvalue weighted by Crippen LogP contribution is 1.92. The summed E-state index contributed by atoms with van der Waals surface area (Å²) >= 11 is 0. The molecule has 0 aromatic rings. The van der Waals surface area contributed by atoms with Crippen molar-refractivity contribution in [2.24, 2.45) is 0 Å². The van der Waals surface area contributed by atoms with Crippen LogP contribution >= 0.6 is 0 Å². The molecule has 0 amide bonds. The van der Waals surface area contributed by atoms with Gasteiger partial charge in [-0.3, -0.25) is 0 Å². The number of esters is 2. The predicted molar refractivity (Wildman–Crippen MR) is 49.2 cm³/mol. The molecular formula is C8H10O10. The van der Waals surface area contributed by atoms with Gasteiger partial charge in [-0.25, -0.2) is 19.2 Å². The maximum Gasteiger partial charge on any atom is 0.344 e. The average Bonchev–Trinajstić information content (AvgIpc) is 2.31. The summed E-state index contributed by atoms with van der Waals surface area (Å²) < 4.78 is 8.55. The Morgan fingerprint density at radius 1 is 0.889 bits per heavy atom. The van der Waals surface area contributed by atoms with Gasteiger partial charge in [0.25, 0.3) is 0 Å². The highest BCUT2D eigenvalue weighted by Gasteiger charge is 2.29. The van der Waals surface area contributed by atoms with Crippen LogP contribution < -0.4 is 0 Å². The lowest BCUT2D eigenvalue weighted by Gasteiger charge is -2.09. The van der Waals surface area contributed by atoms with Crippen molar-refractivity contribution >= 4 is 23.9 Å². The number of aliphatic hydroxyl groups excluding tert-OH is 2. The minimum atomic E-state index is -2.27. The number of carboxylic acids is 2. The van der Waals surface area contributed by atoms with Gasteiger partial charge >= 0.3 is 23.9 Å². The smallest absolute Gasteiger partial charge is 0.344 e. The van der Waals surface area contributed by atoms with E-state index in [1.54, 1.807) is 0 Å². The first kappa shape index (κ1) is 15.8. The molecular weight excluding hydrogens is 256 g/mol. The Labute approximate surface area is 99.3 Å². The Morgan fingerprint density at radius 3 is 1.33 bits per heavy atom. The Hall–Kier alpha value is -2.20. The average molecular weight is 266 g/mol. The first-order chi connectivity index (χ1) is 8.25. The Balaban J connectivity index is 0.000000327. The SMILES string of the molecule is O=C(O)C(O)C(O)C(=O)O.O=C1COC(=O)CO1. The zero-order valence-corrected chi connectivity index (χ0v) is 8.81. The molecule has 18 heavy (non-hydrogen) atoms. The number of carbonyl (C=O) groups excluding carboxylic acids is 2. The van der Waals surface area contributed by atoms with Crippen LogP contribution in [-0.4, -0.2) is 69.7 Å². The molecule has 1 aliphatic heterocycles. The summed E-state index contributed by atoms with van der Waals surface area (Å²) in [6.07, 6.45) is -4.53. The number of ether oxygens (including phenoxy) is 2. The van der Waals surface area contributed by atoms with E-state index in [1.807, 2.05) is 0 Å². The van der Waals surface area contributed by atoms with E-state index in [2.05, 4.69) is 9.47 Å². The number of cyclic esters (lactones) is 2. The second-order valence-corrected chi connectivity index (χ2v) is 2.89. The molecule has 0 spiro atoms. The second-order valence-electron chi connectivity index (χ2n) is 2.89. The number of aliphatic carboxylic acids is 2. The van der Waals surface area contributed by atoms with Crippen LogP contribution in [0.15, 0.2) is 0 Å². The summed E-state index contributed by atoms with van der Waals surface area (Å²) in [5.74, 6) is -4.50. The number of aliphatic hydroxyl groups is 2. The van der Waals surface area contributed by atoms with Crippen molar-refractivity contribution in [2.75, 3.05) is 13.2 Å². The number of hydrogen-bond donors (Lipinski definition) is 4. The van der Waals surface area contributed by atoms with Crippen LogP contribution in [0.25, 0.3) is 0 Å². The van der Waals surface area contributed by atoms with E-state index in [4.69, 9.17) is 20.4 Å². The zero-order valence-electron chi connectivity index (χ0n) is 8.81. The van der Waals surface area contributed by atoms with Gasteiger partial charge in [-0.15, -0.1) is 0 Å². The molecule has 1 aliphatic rings. The van der Waals surface area contributed by atoms with Crippen molar-refractivity contribution in [1.82, 2.24) is 0 Å². The number of carboxylic acid groups (broad SMARTS) is 2. The molecule has 1 heterocycles. The molecule has 10 heteroatoms. The summed E-state index contributed by atoms with van der Waals surface area (Å²) in [6, 6.07) is 0. The number of hydrogen-bond acceptors (Lipinski definition) is 8. The topological polar surface area (TPSA) is 168 Å². The van der Waals surface area contributed by atoms with Crippen molar-refractivity contribution in [2.45, 2.75) is 12.2 Å². The van der Waals surface area contributed by atoms with Crippen LogP contribution in [0.2, 0.25) is 0 Å². The third-order valence-electron chi connectivity index (χ3n) is 1.51. The Bertz CT molecular complexity index is 302. The van der Waals surface area contributed by atoms with Gasteiger partial charge in [0.15, 0.2) is 25.4 Å². The molecule has 1 fully saturated rings. The molecule has 0 aliphatic carbocycles. The van der Waals surface area contributed by atoms with Crippen molar-refractivity contribution in [1.29, 1.82) is 0 Å². The molecule has 102 valence electrons. The molecule has 0 aromatic heterocycles. The summed E-state index contributed by atoms with van der Waals surface area (Å²) in [7, 11) is 0. The zero-order chi connectivity index (χ0) is 14.3. The van der Waals surface area contributed by atoms with Gasteiger partial charge in [0.2, 0.25) is 0 Å². The number of rotatable bonds is 3. The highest BCUT2D eigenvalue weighted by molar-refractivity contribution is 5.83. The minimum absolute atomic E-state index is 0.237. The standard InChI is InChI=1S/C4H6O6.C4H4O4/c5-1(3(7)8)2(6)4(9)10;5-3-1-7-4(6)2-8-3/h1-2,5-6H,(H,7,8)(H,9,10);1-2H2. The molecule has 1 saturated heterocycles. The van der Waals surface area contributed by atoms with Gasteiger partial charge in [-0.2, -0.15) is 0 Å². The molecule has 0 radical (unpaired) electrons. The van der Waals surface area contributed by atoms with Crippen molar-refractivity contribution in [3.05, 3.63) is 0 Å². The van der Waals surface area contributed by atoms with E-state index < -0.39 is 36.1 Å². The van der Waals surface area contributed by atoms with E-state index in [0.717, 1.165) is 0 Å². The first-order valence-electron chi connectivity index (χ1n) is 4.38. The van der Waals surface area contributed by atoms with Gasteiger partial charge < -0.3 is 29.9 Å². The third kappa shape index (κ3) is 5.77. The first-order valence-corrected chi connectivity index (χ1v) is 4.38. The maximum absolute atomic E-state index is 10.1. The van der Waals surface area contributed by atoms with Gasteiger partial charge in [0.1, 0.15) is 0 Å². The van der Waals surface area contributed by atoms with E-state index in [9.17, 15) is 19.2 Å². The largest absolute Gasteiger partial charge is 0.479 e. The quantitative estimate of drug-likeness (QED) is 0.385.